The Morgan fingerprint density at radius 1 is 1.06 bits per heavy atom. The van der Waals surface area contributed by atoms with Gasteiger partial charge in [0.25, 0.3) is 0 Å². The van der Waals surface area contributed by atoms with Crippen LogP contribution in [-0.2, 0) is 24.0 Å². The molecule has 4 atom stereocenters. The maximum Gasteiger partial charge on any atom is 0.326 e. The molecule has 1 heterocycles. The van der Waals surface area contributed by atoms with Crippen LogP contribution in [0.25, 0.3) is 0 Å². The Hall–Kier alpha value is -3.07. The van der Waals surface area contributed by atoms with Gasteiger partial charge in [0.05, 0.1) is 6.04 Å². The fourth-order valence-electron chi connectivity index (χ4n) is 3.74. The lowest BCUT2D eigenvalue weighted by atomic mass is 10.1. The zero-order valence-corrected chi connectivity index (χ0v) is 21.3. The minimum atomic E-state index is -1.17. The number of rotatable bonds is 16. The Balaban J connectivity index is 2.91. The van der Waals surface area contributed by atoms with E-state index in [1.807, 2.05) is 6.26 Å². The topological polar surface area (TPSA) is 249 Å². The molecule has 0 saturated carbocycles. The number of thioether (sulfide) groups is 1. The van der Waals surface area contributed by atoms with Gasteiger partial charge in [-0.25, -0.2) is 4.79 Å². The summed E-state index contributed by atoms with van der Waals surface area (Å²) in [6.07, 6.45) is 3.35. The molecule has 14 nitrogen and oxygen atoms in total. The number of aliphatic carboxylic acids is 1. The molecule has 15 heteroatoms. The van der Waals surface area contributed by atoms with E-state index in [1.54, 1.807) is 0 Å². The van der Waals surface area contributed by atoms with Crippen LogP contribution in [-0.4, -0.2) is 94.8 Å². The van der Waals surface area contributed by atoms with Crippen LogP contribution in [0.4, 0.5) is 0 Å². The highest BCUT2D eigenvalue weighted by Crippen LogP contribution is 2.20. The summed E-state index contributed by atoms with van der Waals surface area (Å²) in [4.78, 5) is 66.7. The normalized spacial score (nSPS) is 17.5. The Morgan fingerprint density at radius 3 is 2.31 bits per heavy atom. The second-order valence-electron chi connectivity index (χ2n) is 8.49. The first-order chi connectivity index (χ1) is 17.0. The third-order valence-corrected chi connectivity index (χ3v) is 6.31. The van der Waals surface area contributed by atoms with Gasteiger partial charge in [-0.3, -0.25) is 24.2 Å². The lowest BCUT2D eigenvalue weighted by molar-refractivity contribution is -0.149. The number of likely N-dealkylation sites (tertiary alicyclic amines) is 1. The van der Waals surface area contributed by atoms with E-state index in [2.05, 4.69) is 15.6 Å². The number of carboxylic acid groups (broad SMARTS) is 1. The summed E-state index contributed by atoms with van der Waals surface area (Å²) in [5.74, 6) is -3.14. The lowest BCUT2D eigenvalue weighted by Crippen LogP contribution is -2.57. The number of carbonyl (C=O) groups is 5. The maximum atomic E-state index is 13.1. The number of aliphatic imine (C=N–C) groups is 1. The molecule has 1 aliphatic rings. The second-order valence-corrected chi connectivity index (χ2v) is 9.48. The molecule has 1 aliphatic heterocycles. The minimum Gasteiger partial charge on any atom is -0.480 e. The highest BCUT2D eigenvalue weighted by Gasteiger charge is 2.38. The highest BCUT2D eigenvalue weighted by atomic mass is 32.2. The third-order valence-electron chi connectivity index (χ3n) is 5.66. The van der Waals surface area contributed by atoms with Gasteiger partial charge >= 0.3 is 5.97 Å². The van der Waals surface area contributed by atoms with Crippen molar-refractivity contribution in [3.05, 3.63) is 0 Å². The monoisotopic (exact) mass is 530 g/mol. The summed E-state index contributed by atoms with van der Waals surface area (Å²) >= 11 is 1.46. The summed E-state index contributed by atoms with van der Waals surface area (Å²) in [5.41, 5.74) is 21.7. The van der Waals surface area contributed by atoms with Crippen LogP contribution in [0, 0.1) is 0 Å². The number of primary amides is 1. The van der Waals surface area contributed by atoms with Crippen LogP contribution in [0.1, 0.15) is 44.9 Å². The number of hydrogen-bond donors (Lipinski definition) is 7. The summed E-state index contributed by atoms with van der Waals surface area (Å²) in [6.45, 7) is 0.525. The molecule has 0 bridgehead atoms. The number of carboxylic acids is 1. The molecule has 0 radical (unpaired) electrons. The molecular weight excluding hydrogens is 492 g/mol. The molecule has 0 aromatic heterocycles. The molecule has 4 amide bonds. The molecule has 0 aromatic rings. The maximum absolute atomic E-state index is 13.1. The van der Waals surface area contributed by atoms with Crippen molar-refractivity contribution < 1.29 is 29.1 Å². The van der Waals surface area contributed by atoms with E-state index in [4.69, 9.17) is 22.9 Å². The molecule has 0 aromatic carbocycles. The van der Waals surface area contributed by atoms with E-state index in [0.29, 0.717) is 31.6 Å². The van der Waals surface area contributed by atoms with Gasteiger partial charge in [-0.1, -0.05) is 0 Å². The lowest BCUT2D eigenvalue weighted by Gasteiger charge is -2.29. The van der Waals surface area contributed by atoms with Crippen molar-refractivity contribution in [2.24, 2.45) is 27.9 Å². The first-order valence-corrected chi connectivity index (χ1v) is 13.1. The van der Waals surface area contributed by atoms with Gasteiger partial charge in [-0.05, 0) is 50.5 Å². The SMILES string of the molecule is CSCCC(NC(=O)C(N)CCCN=C(N)N)C(=O)NC(CCC(N)=O)C(=O)N1CCCC1C(=O)O. The molecule has 204 valence electrons. The van der Waals surface area contributed by atoms with E-state index in [-0.39, 0.29) is 38.2 Å². The van der Waals surface area contributed by atoms with Crippen LogP contribution in [0.2, 0.25) is 0 Å². The second kappa shape index (κ2) is 15.8. The van der Waals surface area contributed by atoms with E-state index >= 15 is 0 Å². The number of carbonyl (C=O) groups excluding carboxylic acids is 4. The minimum absolute atomic E-state index is 0.0640. The number of amides is 4. The molecule has 11 N–H and O–H groups in total. The number of hydrogen-bond acceptors (Lipinski definition) is 8. The van der Waals surface area contributed by atoms with Crippen molar-refractivity contribution >= 4 is 47.3 Å². The summed E-state index contributed by atoms with van der Waals surface area (Å²) in [5, 5.41) is 14.6. The van der Waals surface area contributed by atoms with Gasteiger partial charge < -0.3 is 43.6 Å². The van der Waals surface area contributed by atoms with E-state index in [1.165, 1.54) is 16.7 Å². The van der Waals surface area contributed by atoms with Crippen LogP contribution in [0.5, 0.6) is 0 Å². The predicted octanol–water partition coefficient (Wildman–Crippen LogP) is -2.57. The largest absolute Gasteiger partial charge is 0.480 e. The number of nitrogens with zero attached hydrogens (tertiary/aromatic N) is 2. The Kier molecular flexibility index (Phi) is 13.6. The van der Waals surface area contributed by atoms with Crippen LogP contribution < -0.4 is 33.6 Å². The quantitative estimate of drug-likeness (QED) is 0.0624. The summed E-state index contributed by atoms with van der Waals surface area (Å²) < 4.78 is 0. The van der Waals surface area contributed by atoms with Crippen LogP contribution in [0.3, 0.4) is 0 Å². The fourth-order valence-corrected chi connectivity index (χ4v) is 4.21. The van der Waals surface area contributed by atoms with Gasteiger partial charge in [-0.15, -0.1) is 0 Å². The van der Waals surface area contributed by atoms with Crippen LogP contribution in [0.15, 0.2) is 4.99 Å². The Morgan fingerprint density at radius 2 is 1.72 bits per heavy atom. The first-order valence-electron chi connectivity index (χ1n) is 11.7. The number of nitrogens with one attached hydrogen (secondary N) is 2. The standard InChI is InChI=1S/C21H38N8O6S/c1-36-11-8-13(27-17(31)12(22)4-2-9-26-21(24)25)18(32)28-14(6-7-16(23)30)19(33)29-10-3-5-15(29)20(34)35/h12-15H,2-11,22H2,1H3,(H2,23,30)(H,27,31)(H,28,32)(H,34,35)(H4,24,25,26). The molecule has 0 spiro atoms. The molecule has 1 fully saturated rings. The molecule has 1 rings (SSSR count). The number of guanidine groups is 1. The van der Waals surface area contributed by atoms with E-state index in [0.717, 1.165) is 0 Å². The Bertz CT molecular complexity index is 822. The van der Waals surface area contributed by atoms with E-state index in [9.17, 15) is 29.1 Å². The van der Waals surface area contributed by atoms with Crippen molar-refractivity contribution in [1.82, 2.24) is 15.5 Å². The van der Waals surface area contributed by atoms with Crippen LogP contribution >= 0.6 is 11.8 Å². The van der Waals surface area contributed by atoms with Crippen molar-refractivity contribution in [2.45, 2.75) is 69.1 Å². The van der Waals surface area contributed by atoms with Gasteiger partial charge in [0.2, 0.25) is 23.6 Å². The summed E-state index contributed by atoms with van der Waals surface area (Å²) in [7, 11) is 0. The first kappa shape index (κ1) is 31.0. The van der Waals surface area contributed by atoms with Crippen molar-refractivity contribution in [3.63, 3.8) is 0 Å². The average molecular weight is 531 g/mol. The zero-order chi connectivity index (χ0) is 27.3. The third kappa shape index (κ3) is 10.7. The average Bonchev–Trinajstić information content (AvgIpc) is 3.31. The van der Waals surface area contributed by atoms with Gasteiger partial charge in [0, 0.05) is 19.5 Å². The van der Waals surface area contributed by atoms with Gasteiger partial charge in [-0.2, -0.15) is 11.8 Å². The van der Waals surface area contributed by atoms with Gasteiger partial charge in [0.15, 0.2) is 5.96 Å². The van der Waals surface area contributed by atoms with Crippen molar-refractivity contribution in [3.8, 4) is 0 Å². The molecule has 0 aliphatic carbocycles. The zero-order valence-electron chi connectivity index (χ0n) is 20.5. The summed E-state index contributed by atoms with van der Waals surface area (Å²) in [6, 6.07) is -4.08. The highest BCUT2D eigenvalue weighted by molar-refractivity contribution is 7.98. The number of nitrogens with two attached hydrogens (primary N) is 4. The molecule has 1 saturated heterocycles. The van der Waals surface area contributed by atoms with Crippen molar-refractivity contribution in [2.75, 3.05) is 25.1 Å². The molecule has 4 unspecified atom stereocenters. The predicted molar refractivity (Wildman–Crippen MR) is 136 cm³/mol. The smallest absolute Gasteiger partial charge is 0.326 e. The van der Waals surface area contributed by atoms with Gasteiger partial charge in [0.1, 0.15) is 18.1 Å². The van der Waals surface area contributed by atoms with E-state index < -0.39 is 53.8 Å². The Labute approximate surface area is 214 Å². The van der Waals surface area contributed by atoms with Crippen molar-refractivity contribution in [1.29, 1.82) is 0 Å². The molecular formula is C21H38N8O6S. The molecule has 36 heavy (non-hydrogen) atoms. The fraction of sp³-hybridized carbons (Fsp3) is 0.714.